The van der Waals surface area contributed by atoms with Gasteiger partial charge in [-0.05, 0) is 154 Å². The summed E-state index contributed by atoms with van der Waals surface area (Å²) < 4.78 is 48.6. The fourth-order valence-electron chi connectivity index (χ4n) is 11.3. The Labute approximate surface area is 471 Å². The molecule has 4 rings (SSSR count). The second-order valence-electron chi connectivity index (χ2n) is 23.4. The maximum atomic E-state index is 13.1. The first-order chi connectivity index (χ1) is 38.0. The number of nitrogens with one attached hydrogen (secondary N) is 1. The van der Waals surface area contributed by atoms with E-state index >= 15 is 0 Å². The maximum Gasteiger partial charge on any atom is 0.407 e. The Kier molecular flexibility index (Phi) is 36.0. The first-order valence-corrected chi connectivity index (χ1v) is 31.4. The summed E-state index contributed by atoms with van der Waals surface area (Å²) in [6.45, 7) is 10.8. The van der Waals surface area contributed by atoms with Crippen LogP contribution in [0.15, 0.2) is 24.3 Å². The maximum absolute atomic E-state index is 13.1. The number of alkyl carbamates (subject to hydrolysis) is 1. The van der Waals surface area contributed by atoms with E-state index in [1.807, 2.05) is 0 Å². The largest absolute Gasteiger partial charge is 0.465 e. The van der Waals surface area contributed by atoms with E-state index < -0.39 is 36.7 Å². The number of hydrogen-bond donors (Lipinski definition) is 4. The lowest BCUT2D eigenvalue weighted by molar-refractivity contribution is -0.291. The number of amides is 1. The minimum atomic E-state index is -1.19. The number of rotatable bonds is 48. The van der Waals surface area contributed by atoms with Crippen molar-refractivity contribution in [2.45, 2.75) is 258 Å². The highest BCUT2D eigenvalue weighted by Crippen LogP contribution is 2.53. The topological polar surface area (TPSA) is 201 Å². The third kappa shape index (κ3) is 28.8. The van der Waals surface area contributed by atoms with Gasteiger partial charge in [0.1, 0.15) is 6.10 Å². The number of aliphatic hydroxyl groups is 3. The fourth-order valence-corrected chi connectivity index (χ4v) is 11.3. The van der Waals surface area contributed by atoms with Gasteiger partial charge < -0.3 is 63.4 Å². The first kappa shape index (κ1) is 67.8. The molecule has 4 aliphatic rings. The quantitative estimate of drug-likeness (QED) is 0.0147. The van der Waals surface area contributed by atoms with E-state index in [0.717, 1.165) is 103 Å². The molecule has 16 nitrogen and oxygen atoms in total. The zero-order valence-corrected chi connectivity index (χ0v) is 49.0. The normalized spacial score (nSPS) is 22.8. The number of carbonyl (C=O) groups is 3. The van der Waals surface area contributed by atoms with E-state index in [1.54, 1.807) is 0 Å². The molecule has 0 aromatic heterocycles. The van der Waals surface area contributed by atoms with E-state index in [9.17, 15) is 29.7 Å². The van der Waals surface area contributed by atoms with E-state index in [-0.39, 0.29) is 81.5 Å². The van der Waals surface area contributed by atoms with Crippen LogP contribution in [0.1, 0.15) is 226 Å². The smallest absolute Gasteiger partial charge is 0.407 e. The van der Waals surface area contributed by atoms with Gasteiger partial charge in [-0.15, -0.1) is 0 Å². The molecule has 4 fully saturated rings. The molecule has 1 amide bonds. The van der Waals surface area contributed by atoms with Crippen molar-refractivity contribution < 1.29 is 67.6 Å². The minimum Gasteiger partial charge on any atom is -0.465 e. The first-order valence-electron chi connectivity index (χ1n) is 31.4. The molecule has 2 aliphatic heterocycles. The monoisotopic (exact) mass is 1110 g/mol. The standard InChI is InChI=1S/C62H110N2O14/c1-4-7-10-13-15-17-26-42-71-54(65)31-20-22-33-56(67)74-47-61(50-77-59(69)62-36-28-29-51(45-62)35-37-62,48-75-57(68)34-23-21-32-55(66)72-43-27-18-16-14-11-8-5-2)49-76-58-52(46-73-58)44-53(30-19-12-9-6-3)78-60(70)63-38-41-64-39-24-25-40-64/h15-18,51-53,56-59,67-69H,4-14,19-50H2,1-3H3,(H,63,70)/b17-15-,18-16-/t51?,52?,53?,56-,57?,58?,59?,61?,62?/m1/s1. The van der Waals surface area contributed by atoms with Crippen LogP contribution in [0.4, 0.5) is 4.79 Å². The van der Waals surface area contributed by atoms with Gasteiger partial charge in [0.2, 0.25) is 0 Å². The summed E-state index contributed by atoms with van der Waals surface area (Å²) in [5.74, 6) is -0.0353. The molecule has 452 valence electrons. The number of allylic oxidation sites excluding steroid dienone is 2. The fraction of sp³-hybridized carbons (Fsp3) is 0.887. The Balaban J connectivity index is 1.40. The van der Waals surface area contributed by atoms with Gasteiger partial charge in [-0.1, -0.05) is 103 Å². The average molecular weight is 1110 g/mol. The molecule has 16 heteroatoms. The summed E-state index contributed by atoms with van der Waals surface area (Å²) in [5, 5.41) is 37.4. The third-order valence-corrected chi connectivity index (χ3v) is 16.3. The molecule has 8 unspecified atom stereocenters. The van der Waals surface area contributed by atoms with Gasteiger partial charge in [-0.25, -0.2) is 4.79 Å². The SMILES string of the molecule is CCCCC/C=C\CCOC(=O)CCCCC(O)OCC(COC1OCC1CC(CCCCCC)OC(=O)NCCN1CCCC1)(COC(O)C12CCCC(CC1)C2)CO[C@@H](O)CCCCC(=O)OCC/C=C\CCCCC. The van der Waals surface area contributed by atoms with Gasteiger partial charge >= 0.3 is 18.0 Å². The molecule has 0 aromatic carbocycles. The highest BCUT2D eigenvalue weighted by atomic mass is 16.7. The van der Waals surface area contributed by atoms with Gasteiger partial charge in [0.25, 0.3) is 0 Å². The highest BCUT2D eigenvalue weighted by molar-refractivity contribution is 5.69. The number of unbranched alkanes of at least 4 members (excludes halogenated alkanes) is 11. The van der Waals surface area contributed by atoms with Gasteiger partial charge in [-0.2, -0.15) is 0 Å². The van der Waals surface area contributed by atoms with Gasteiger partial charge in [0, 0.05) is 37.3 Å². The summed E-state index contributed by atoms with van der Waals surface area (Å²) in [6, 6.07) is 0. The van der Waals surface area contributed by atoms with E-state index in [4.69, 9.17) is 37.9 Å². The summed E-state index contributed by atoms with van der Waals surface area (Å²) in [6.07, 6.45) is 31.1. The predicted octanol–water partition coefficient (Wildman–Crippen LogP) is 11.7. The van der Waals surface area contributed by atoms with Gasteiger partial charge in [0.15, 0.2) is 25.2 Å². The van der Waals surface area contributed by atoms with Crippen LogP contribution in [0.5, 0.6) is 0 Å². The second-order valence-corrected chi connectivity index (χ2v) is 23.4. The number of carbonyl (C=O) groups excluding carboxylic acids is 3. The predicted molar refractivity (Wildman–Crippen MR) is 303 cm³/mol. The van der Waals surface area contributed by atoms with Crippen molar-refractivity contribution in [2.75, 3.05) is 72.4 Å². The molecule has 78 heavy (non-hydrogen) atoms. The number of esters is 2. The molecule has 2 bridgehead atoms. The van der Waals surface area contributed by atoms with Crippen molar-refractivity contribution in [3.63, 3.8) is 0 Å². The Morgan fingerprint density at radius 2 is 1.24 bits per heavy atom. The number of ether oxygens (including phenoxy) is 8. The van der Waals surface area contributed by atoms with Crippen LogP contribution in [0.3, 0.4) is 0 Å². The van der Waals surface area contributed by atoms with E-state index in [1.165, 1.54) is 51.4 Å². The van der Waals surface area contributed by atoms with E-state index in [2.05, 4.69) is 55.3 Å². The summed E-state index contributed by atoms with van der Waals surface area (Å²) >= 11 is 0. The van der Waals surface area contributed by atoms with Crippen molar-refractivity contribution in [1.29, 1.82) is 0 Å². The average Bonchev–Trinajstić information content (AvgIpc) is 4.20. The lowest BCUT2D eigenvalue weighted by Gasteiger charge is -2.43. The molecular formula is C62H110N2O14. The molecular weight excluding hydrogens is 997 g/mol. The molecule has 0 spiro atoms. The Morgan fingerprint density at radius 1 is 0.667 bits per heavy atom. The Bertz CT molecular complexity index is 1570. The van der Waals surface area contributed by atoms with Crippen LogP contribution >= 0.6 is 0 Å². The van der Waals surface area contributed by atoms with Crippen LogP contribution in [-0.2, 0) is 47.5 Å². The molecule has 2 saturated carbocycles. The summed E-state index contributed by atoms with van der Waals surface area (Å²) in [7, 11) is 0. The number of fused-ring (bicyclic) bond motifs is 2. The number of likely N-dealkylation sites (tertiary alicyclic amines) is 1. The molecule has 2 aliphatic carbocycles. The van der Waals surface area contributed by atoms with Crippen LogP contribution < -0.4 is 5.32 Å². The number of hydrogen-bond acceptors (Lipinski definition) is 15. The third-order valence-electron chi connectivity index (χ3n) is 16.3. The molecule has 2 saturated heterocycles. The van der Waals surface area contributed by atoms with E-state index in [0.29, 0.717) is 77.2 Å². The highest BCUT2D eigenvalue weighted by Gasteiger charge is 2.49. The lowest BCUT2D eigenvalue weighted by atomic mass is 9.75. The van der Waals surface area contributed by atoms with Crippen molar-refractivity contribution in [3.8, 4) is 0 Å². The molecule has 9 atom stereocenters. The van der Waals surface area contributed by atoms with Crippen molar-refractivity contribution in [3.05, 3.63) is 24.3 Å². The van der Waals surface area contributed by atoms with Crippen LogP contribution in [0.2, 0.25) is 0 Å². The van der Waals surface area contributed by atoms with Crippen LogP contribution in [0.25, 0.3) is 0 Å². The minimum absolute atomic E-state index is 0.0193. The Morgan fingerprint density at radius 3 is 1.83 bits per heavy atom. The molecule has 0 radical (unpaired) electrons. The van der Waals surface area contributed by atoms with Crippen molar-refractivity contribution in [2.24, 2.45) is 22.7 Å². The lowest BCUT2D eigenvalue weighted by Crippen LogP contribution is -2.50. The number of nitrogens with zero attached hydrogens (tertiary/aromatic N) is 1. The van der Waals surface area contributed by atoms with Crippen molar-refractivity contribution in [1.82, 2.24) is 10.2 Å². The van der Waals surface area contributed by atoms with Crippen LogP contribution in [0, 0.1) is 22.7 Å². The van der Waals surface area contributed by atoms with Crippen LogP contribution in [-0.4, -0.2) is 142 Å². The second kappa shape index (κ2) is 41.3. The molecule has 2 heterocycles. The summed E-state index contributed by atoms with van der Waals surface area (Å²) in [4.78, 5) is 40.5. The molecule has 4 N–H and O–H groups in total. The van der Waals surface area contributed by atoms with Crippen molar-refractivity contribution >= 4 is 18.0 Å². The number of aliphatic hydroxyl groups excluding tert-OH is 3. The zero-order valence-electron chi connectivity index (χ0n) is 49.0. The van der Waals surface area contributed by atoms with Gasteiger partial charge in [0.05, 0.1) is 51.7 Å². The van der Waals surface area contributed by atoms with Gasteiger partial charge in [-0.3, -0.25) is 9.59 Å². The molecule has 0 aromatic rings. The Hall–Kier alpha value is -2.67. The summed E-state index contributed by atoms with van der Waals surface area (Å²) in [5.41, 5.74) is -1.48. The zero-order chi connectivity index (χ0) is 55.9.